The summed E-state index contributed by atoms with van der Waals surface area (Å²) in [7, 11) is 1.68. The number of hydrogen-bond donors (Lipinski definition) is 0. The summed E-state index contributed by atoms with van der Waals surface area (Å²) in [4.78, 5) is 10.1. The van der Waals surface area contributed by atoms with Crippen LogP contribution in [0.5, 0.6) is 5.75 Å². The molecule has 1 saturated heterocycles. The zero-order valence-corrected chi connectivity index (χ0v) is 19.2. The normalized spacial score (nSPS) is 17.5. The summed E-state index contributed by atoms with van der Waals surface area (Å²) in [6.07, 6.45) is 0. The lowest BCUT2D eigenvalue weighted by Crippen LogP contribution is -2.53. The molecule has 1 unspecified atom stereocenters. The van der Waals surface area contributed by atoms with Gasteiger partial charge in [0.1, 0.15) is 5.75 Å². The Bertz CT molecular complexity index is 1250. The molecule has 0 radical (unpaired) electrons. The van der Waals surface area contributed by atoms with E-state index in [1.165, 1.54) is 0 Å². The number of piperazine rings is 1. The Labute approximate surface area is 188 Å². The number of benzene rings is 2. The summed E-state index contributed by atoms with van der Waals surface area (Å²) in [5.74, 6) is 3.14. The molecule has 0 N–H and O–H groups in total. The van der Waals surface area contributed by atoms with E-state index in [-0.39, 0.29) is 0 Å². The number of para-hydroxylation sites is 1. The molecular formula is C25H30N6O. The fourth-order valence-electron chi connectivity index (χ4n) is 4.64. The van der Waals surface area contributed by atoms with E-state index in [4.69, 9.17) is 9.72 Å². The van der Waals surface area contributed by atoms with E-state index in [9.17, 15) is 0 Å². The number of nitrogens with zero attached hydrogens (tertiary/aromatic N) is 6. The number of rotatable bonds is 5. The summed E-state index contributed by atoms with van der Waals surface area (Å²) in [6.45, 7) is 10.9. The van der Waals surface area contributed by atoms with Crippen LogP contribution in [-0.2, 0) is 0 Å². The molecule has 3 heterocycles. The fraction of sp³-hybridized carbons (Fsp3) is 0.400. The highest BCUT2D eigenvalue weighted by Crippen LogP contribution is 2.30. The second kappa shape index (κ2) is 8.39. The van der Waals surface area contributed by atoms with Crippen LogP contribution in [0.15, 0.2) is 48.5 Å². The number of fused-ring (bicyclic) bond motifs is 3. The molecule has 1 fully saturated rings. The van der Waals surface area contributed by atoms with Gasteiger partial charge in [0.05, 0.1) is 12.6 Å². The van der Waals surface area contributed by atoms with Crippen LogP contribution in [0.2, 0.25) is 0 Å². The van der Waals surface area contributed by atoms with Gasteiger partial charge in [0.25, 0.3) is 0 Å². The van der Waals surface area contributed by atoms with Crippen LogP contribution in [0.25, 0.3) is 27.9 Å². The van der Waals surface area contributed by atoms with Gasteiger partial charge in [0.2, 0.25) is 5.95 Å². The van der Waals surface area contributed by atoms with Crippen molar-refractivity contribution in [1.29, 1.82) is 0 Å². The SMILES string of the molecule is COc1cccc(-c2nnc3c4ccccc4nc(N4CCN(CC(C)C)C(C)C4)n23)c1. The first-order chi connectivity index (χ1) is 15.5. The largest absolute Gasteiger partial charge is 0.497 e. The maximum Gasteiger partial charge on any atom is 0.213 e. The van der Waals surface area contributed by atoms with Crippen LogP contribution in [0.1, 0.15) is 20.8 Å². The molecule has 166 valence electrons. The minimum atomic E-state index is 0.450. The topological polar surface area (TPSA) is 58.8 Å². The lowest BCUT2D eigenvalue weighted by Gasteiger charge is -2.41. The van der Waals surface area contributed by atoms with Gasteiger partial charge in [-0.15, -0.1) is 10.2 Å². The first kappa shape index (κ1) is 20.7. The van der Waals surface area contributed by atoms with Crippen LogP contribution in [-0.4, -0.2) is 63.8 Å². The Balaban J connectivity index is 1.65. The highest BCUT2D eigenvalue weighted by atomic mass is 16.5. The van der Waals surface area contributed by atoms with Crippen molar-refractivity contribution in [3.8, 4) is 17.1 Å². The molecule has 1 aliphatic heterocycles. The van der Waals surface area contributed by atoms with Crippen LogP contribution in [0.3, 0.4) is 0 Å². The second-order valence-corrected chi connectivity index (χ2v) is 9.03. The van der Waals surface area contributed by atoms with Crippen LogP contribution >= 0.6 is 0 Å². The van der Waals surface area contributed by atoms with E-state index >= 15 is 0 Å². The minimum Gasteiger partial charge on any atom is -0.497 e. The zero-order valence-electron chi connectivity index (χ0n) is 19.2. The highest BCUT2D eigenvalue weighted by Gasteiger charge is 2.28. The lowest BCUT2D eigenvalue weighted by atomic mass is 10.1. The van der Waals surface area contributed by atoms with Gasteiger partial charge in [-0.3, -0.25) is 4.90 Å². The van der Waals surface area contributed by atoms with Gasteiger partial charge in [0.15, 0.2) is 11.5 Å². The first-order valence-corrected chi connectivity index (χ1v) is 11.3. The maximum atomic E-state index is 5.45. The number of ether oxygens (including phenoxy) is 1. The Kier molecular flexibility index (Phi) is 5.43. The van der Waals surface area contributed by atoms with E-state index in [2.05, 4.69) is 57.3 Å². The van der Waals surface area contributed by atoms with Crippen LogP contribution in [0, 0.1) is 5.92 Å². The van der Waals surface area contributed by atoms with Gasteiger partial charge in [-0.1, -0.05) is 38.1 Å². The van der Waals surface area contributed by atoms with Crippen molar-refractivity contribution in [3.63, 3.8) is 0 Å². The molecule has 7 heteroatoms. The van der Waals surface area contributed by atoms with Crippen molar-refractivity contribution in [2.24, 2.45) is 5.92 Å². The third-order valence-corrected chi connectivity index (χ3v) is 6.20. The Morgan fingerprint density at radius 1 is 1.06 bits per heavy atom. The molecule has 0 amide bonds. The Morgan fingerprint density at radius 3 is 2.69 bits per heavy atom. The quantitative estimate of drug-likeness (QED) is 0.475. The van der Waals surface area contributed by atoms with E-state index in [0.29, 0.717) is 12.0 Å². The van der Waals surface area contributed by atoms with Crippen molar-refractivity contribution in [1.82, 2.24) is 24.5 Å². The number of aromatic nitrogens is 4. The van der Waals surface area contributed by atoms with Gasteiger partial charge in [0, 0.05) is 43.2 Å². The molecular weight excluding hydrogens is 400 g/mol. The molecule has 2 aromatic heterocycles. The molecule has 1 atom stereocenters. The summed E-state index contributed by atoms with van der Waals surface area (Å²) in [6, 6.07) is 16.6. The summed E-state index contributed by atoms with van der Waals surface area (Å²) in [5, 5.41) is 10.2. The average molecular weight is 431 g/mol. The van der Waals surface area contributed by atoms with Gasteiger partial charge in [-0.25, -0.2) is 9.38 Å². The molecule has 1 aliphatic rings. The van der Waals surface area contributed by atoms with Crippen molar-refractivity contribution in [3.05, 3.63) is 48.5 Å². The monoisotopic (exact) mass is 430 g/mol. The van der Waals surface area contributed by atoms with E-state index in [0.717, 1.165) is 65.8 Å². The first-order valence-electron chi connectivity index (χ1n) is 11.3. The van der Waals surface area contributed by atoms with Gasteiger partial charge in [-0.2, -0.15) is 0 Å². The molecule has 5 rings (SSSR count). The number of hydrogen-bond acceptors (Lipinski definition) is 6. The van der Waals surface area contributed by atoms with Crippen molar-refractivity contribution < 1.29 is 4.74 Å². The Morgan fingerprint density at radius 2 is 1.91 bits per heavy atom. The van der Waals surface area contributed by atoms with Gasteiger partial charge < -0.3 is 9.64 Å². The third-order valence-electron chi connectivity index (χ3n) is 6.20. The maximum absolute atomic E-state index is 5.45. The summed E-state index contributed by atoms with van der Waals surface area (Å²) < 4.78 is 7.56. The molecule has 7 nitrogen and oxygen atoms in total. The molecule has 0 bridgehead atoms. The standard InChI is InChI=1S/C25H30N6O/c1-17(2)15-29-12-13-30(16-18(29)3)25-26-22-11-6-5-10-21(22)24-28-27-23(31(24)25)19-8-7-9-20(14-19)32-4/h5-11,14,17-18H,12-13,15-16H2,1-4H3. The summed E-state index contributed by atoms with van der Waals surface area (Å²) in [5.41, 5.74) is 2.74. The predicted octanol–water partition coefficient (Wildman–Crippen LogP) is 4.12. The van der Waals surface area contributed by atoms with Crippen molar-refractivity contribution in [2.75, 3.05) is 38.2 Å². The molecule has 2 aromatic carbocycles. The molecule has 0 spiro atoms. The van der Waals surface area contributed by atoms with E-state index in [1.54, 1.807) is 7.11 Å². The lowest BCUT2D eigenvalue weighted by molar-refractivity contribution is 0.168. The summed E-state index contributed by atoms with van der Waals surface area (Å²) >= 11 is 0. The smallest absolute Gasteiger partial charge is 0.213 e. The molecule has 4 aromatic rings. The third kappa shape index (κ3) is 3.66. The zero-order chi connectivity index (χ0) is 22.2. The minimum absolute atomic E-state index is 0.450. The van der Waals surface area contributed by atoms with Gasteiger partial charge >= 0.3 is 0 Å². The van der Waals surface area contributed by atoms with Crippen molar-refractivity contribution >= 4 is 22.5 Å². The van der Waals surface area contributed by atoms with Crippen LogP contribution in [0.4, 0.5) is 5.95 Å². The van der Waals surface area contributed by atoms with Crippen LogP contribution < -0.4 is 9.64 Å². The molecule has 0 saturated carbocycles. The van der Waals surface area contributed by atoms with E-state index in [1.807, 2.05) is 36.4 Å². The Hall–Kier alpha value is -3.19. The van der Waals surface area contributed by atoms with Crippen molar-refractivity contribution in [2.45, 2.75) is 26.8 Å². The molecule has 32 heavy (non-hydrogen) atoms. The predicted molar refractivity (Wildman–Crippen MR) is 128 cm³/mol. The average Bonchev–Trinajstić information content (AvgIpc) is 3.25. The fourth-order valence-corrected chi connectivity index (χ4v) is 4.64. The van der Waals surface area contributed by atoms with E-state index < -0.39 is 0 Å². The van der Waals surface area contributed by atoms with Gasteiger partial charge in [-0.05, 0) is 37.1 Å². The highest BCUT2D eigenvalue weighted by molar-refractivity contribution is 5.93. The molecule has 0 aliphatic carbocycles. The second-order valence-electron chi connectivity index (χ2n) is 9.03. The number of methoxy groups -OCH3 is 1. The number of anilines is 1.